The highest BCUT2D eigenvalue weighted by molar-refractivity contribution is 5.98. The number of carbonyl (C=O) groups is 2. The van der Waals surface area contributed by atoms with Gasteiger partial charge in [-0.2, -0.15) is 0 Å². The van der Waals surface area contributed by atoms with Crippen LogP contribution in [0.4, 0.5) is 5.69 Å². The van der Waals surface area contributed by atoms with Crippen LogP contribution < -0.4 is 10.7 Å². The van der Waals surface area contributed by atoms with E-state index < -0.39 is 0 Å². The van der Waals surface area contributed by atoms with Gasteiger partial charge in [-0.05, 0) is 56.9 Å². The number of benzene rings is 1. The first kappa shape index (κ1) is 20.8. The number of anilines is 1. The smallest absolute Gasteiger partial charge is 0.259 e. The number of pyridine rings is 2. The molecule has 0 unspecified atom stereocenters. The van der Waals surface area contributed by atoms with E-state index in [-0.39, 0.29) is 29.4 Å². The van der Waals surface area contributed by atoms with Crippen molar-refractivity contribution in [1.82, 2.24) is 14.5 Å². The third-order valence-corrected chi connectivity index (χ3v) is 5.67. The van der Waals surface area contributed by atoms with Crippen LogP contribution in [-0.2, 0) is 11.3 Å². The van der Waals surface area contributed by atoms with Crippen LogP contribution in [0.2, 0.25) is 0 Å². The van der Waals surface area contributed by atoms with E-state index in [1.807, 2.05) is 38.1 Å². The molecule has 0 saturated carbocycles. The third-order valence-electron chi connectivity index (χ3n) is 5.67. The topological polar surface area (TPSA) is 84.3 Å². The zero-order chi connectivity index (χ0) is 22.0. The van der Waals surface area contributed by atoms with Gasteiger partial charge in [0.2, 0.25) is 11.3 Å². The molecule has 0 radical (unpaired) electrons. The summed E-state index contributed by atoms with van der Waals surface area (Å²) in [5.41, 5.74) is 2.56. The Labute approximate surface area is 180 Å². The molecule has 7 heteroatoms. The quantitative estimate of drug-likeness (QED) is 0.705. The molecule has 31 heavy (non-hydrogen) atoms. The maximum atomic E-state index is 13.1. The molecule has 4 rings (SSSR count). The average molecular weight is 418 g/mol. The van der Waals surface area contributed by atoms with Crippen LogP contribution in [0.5, 0.6) is 0 Å². The van der Waals surface area contributed by atoms with Gasteiger partial charge < -0.3 is 14.8 Å². The minimum atomic E-state index is -0.339. The van der Waals surface area contributed by atoms with Crippen molar-refractivity contribution in [2.24, 2.45) is 0 Å². The SMILES string of the molecule is Cc1ccc2c(=O)c(C(=O)N3CCCCC3)cn(CC(=O)Nc3ccccc3C)c2n1. The molecule has 0 bridgehead atoms. The molecule has 2 amide bonds. The highest BCUT2D eigenvalue weighted by Gasteiger charge is 2.23. The van der Waals surface area contributed by atoms with Crippen molar-refractivity contribution in [3.63, 3.8) is 0 Å². The number of fused-ring (bicyclic) bond motifs is 1. The second-order valence-electron chi connectivity index (χ2n) is 8.04. The van der Waals surface area contributed by atoms with E-state index in [0.29, 0.717) is 24.1 Å². The number of aromatic nitrogens is 2. The first-order valence-electron chi connectivity index (χ1n) is 10.6. The molecular formula is C24H26N4O3. The molecule has 2 aromatic heterocycles. The molecule has 1 aliphatic heterocycles. The van der Waals surface area contributed by atoms with E-state index >= 15 is 0 Å². The Morgan fingerprint density at radius 2 is 1.77 bits per heavy atom. The lowest BCUT2D eigenvalue weighted by Crippen LogP contribution is -2.38. The molecular weight excluding hydrogens is 392 g/mol. The predicted molar refractivity (Wildman–Crippen MR) is 120 cm³/mol. The summed E-state index contributed by atoms with van der Waals surface area (Å²) in [6.07, 6.45) is 4.46. The van der Waals surface area contributed by atoms with Crippen LogP contribution in [0, 0.1) is 13.8 Å². The Morgan fingerprint density at radius 1 is 1.03 bits per heavy atom. The number of rotatable bonds is 4. The number of hydrogen-bond acceptors (Lipinski definition) is 4. The predicted octanol–water partition coefficient (Wildman–Crippen LogP) is 3.28. The number of nitrogens with one attached hydrogen (secondary N) is 1. The zero-order valence-electron chi connectivity index (χ0n) is 17.9. The van der Waals surface area contributed by atoms with Crippen LogP contribution in [0.15, 0.2) is 47.4 Å². The highest BCUT2D eigenvalue weighted by Crippen LogP contribution is 2.17. The van der Waals surface area contributed by atoms with Crippen molar-refractivity contribution in [2.75, 3.05) is 18.4 Å². The van der Waals surface area contributed by atoms with Gasteiger partial charge >= 0.3 is 0 Å². The van der Waals surface area contributed by atoms with Crippen LogP contribution in [0.1, 0.15) is 40.9 Å². The molecule has 3 aromatic rings. The van der Waals surface area contributed by atoms with E-state index in [1.165, 1.54) is 6.20 Å². The second kappa shape index (κ2) is 8.71. The number of para-hydroxylation sites is 1. The zero-order valence-corrected chi connectivity index (χ0v) is 17.9. The monoisotopic (exact) mass is 418 g/mol. The summed E-state index contributed by atoms with van der Waals surface area (Å²) in [6, 6.07) is 11.0. The molecule has 160 valence electrons. The van der Waals surface area contributed by atoms with Gasteiger partial charge in [0.15, 0.2) is 0 Å². The van der Waals surface area contributed by atoms with Crippen molar-refractivity contribution in [3.8, 4) is 0 Å². The van der Waals surface area contributed by atoms with Crippen molar-refractivity contribution >= 4 is 28.5 Å². The fourth-order valence-electron chi connectivity index (χ4n) is 3.96. The summed E-state index contributed by atoms with van der Waals surface area (Å²) in [7, 11) is 0. The molecule has 0 atom stereocenters. The largest absolute Gasteiger partial charge is 0.338 e. The van der Waals surface area contributed by atoms with Gasteiger partial charge in [-0.25, -0.2) is 4.98 Å². The molecule has 1 fully saturated rings. The summed E-state index contributed by atoms with van der Waals surface area (Å²) in [6.45, 7) is 4.99. The first-order valence-corrected chi connectivity index (χ1v) is 10.6. The molecule has 0 aliphatic carbocycles. The minimum Gasteiger partial charge on any atom is -0.338 e. The number of aryl methyl sites for hydroxylation is 2. The Hall–Kier alpha value is -3.48. The number of piperidine rings is 1. The van der Waals surface area contributed by atoms with Crippen LogP contribution in [-0.4, -0.2) is 39.4 Å². The summed E-state index contributed by atoms with van der Waals surface area (Å²) in [5.74, 6) is -0.529. The molecule has 3 heterocycles. The lowest BCUT2D eigenvalue weighted by atomic mass is 10.1. The maximum Gasteiger partial charge on any atom is 0.259 e. The Bertz CT molecular complexity index is 1210. The molecule has 1 aromatic carbocycles. The summed E-state index contributed by atoms with van der Waals surface area (Å²) >= 11 is 0. The van der Waals surface area contributed by atoms with Gasteiger partial charge in [0, 0.05) is 30.7 Å². The number of hydrogen-bond donors (Lipinski definition) is 1. The molecule has 1 N–H and O–H groups in total. The summed E-state index contributed by atoms with van der Waals surface area (Å²) < 4.78 is 1.61. The van der Waals surface area contributed by atoms with Crippen LogP contribution >= 0.6 is 0 Å². The highest BCUT2D eigenvalue weighted by atomic mass is 16.2. The number of amides is 2. The molecule has 0 spiro atoms. The maximum absolute atomic E-state index is 13.1. The van der Waals surface area contributed by atoms with Crippen molar-refractivity contribution in [3.05, 3.63) is 69.6 Å². The fraction of sp³-hybridized carbons (Fsp3) is 0.333. The minimum absolute atomic E-state index is 0.0537. The average Bonchev–Trinajstić information content (AvgIpc) is 2.77. The lowest BCUT2D eigenvalue weighted by Gasteiger charge is -2.26. The normalized spacial score (nSPS) is 13.9. The number of nitrogens with zero attached hydrogens (tertiary/aromatic N) is 3. The van der Waals surface area contributed by atoms with E-state index in [0.717, 1.165) is 36.2 Å². The lowest BCUT2D eigenvalue weighted by molar-refractivity contribution is -0.116. The van der Waals surface area contributed by atoms with Gasteiger partial charge in [-0.1, -0.05) is 18.2 Å². The molecule has 1 aliphatic rings. The van der Waals surface area contributed by atoms with Gasteiger partial charge in [0.25, 0.3) is 5.91 Å². The fourth-order valence-corrected chi connectivity index (χ4v) is 3.96. The van der Waals surface area contributed by atoms with Gasteiger partial charge in [-0.3, -0.25) is 14.4 Å². The van der Waals surface area contributed by atoms with E-state index in [4.69, 9.17) is 0 Å². The Balaban J connectivity index is 1.72. The van der Waals surface area contributed by atoms with E-state index in [1.54, 1.807) is 21.6 Å². The first-order chi connectivity index (χ1) is 14.9. The molecule has 7 nitrogen and oxygen atoms in total. The summed E-state index contributed by atoms with van der Waals surface area (Å²) in [4.78, 5) is 45.2. The Morgan fingerprint density at radius 3 is 2.52 bits per heavy atom. The van der Waals surface area contributed by atoms with Crippen molar-refractivity contribution in [2.45, 2.75) is 39.7 Å². The van der Waals surface area contributed by atoms with Crippen molar-refractivity contribution in [1.29, 1.82) is 0 Å². The van der Waals surface area contributed by atoms with Crippen molar-refractivity contribution < 1.29 is 9.59 Å². The van der Waals surface area contributed by atoms with E-state index in [9.17, 15) is 14.4 Å². The van der Waals surface area contributed by atoms with Gasteiger partial charge in [-0.15, -0.1) is 0 Å². The van der Waals surface area contributed by atoms with Crippen LogP contribution in [0.25, 0.3) is 11.0 Å². The Kier molecular flexibility index (Phi) is 5.84. The second-order valence-corrected chi connectivity index (χ2v) is 8.04. The third kappa shape index (κ3) is 4.35. The standard InChI is InChI=1S/C24H26N4O3/c1-16-8-4-5-9-20(16)26-21(29)15-28-14-19(24(31)27-12-6-3-7-13-27)22(30)18-11-10-17(2)25-23(18)28/h4-5,8-11,14H,3,6-7,12-13,15H2,1-2H3,(H,26,29). The van der Waals surface area contributed by atoms with Crippen LogP contribution in [0.3, 0.4) is 0 Å². The number of likely N-dealkylation sites (tertiary alicyclic amines) is 1. The van der Waals surface area contributed by atoms with Gasteiger partial charge in [0.05, 0.1) is 5.39 Å². The molecule has 1 saturated heterocycles. The van der Waals surface area contributed by atoms with E-state index in [2.05, 4.69) is 10.3 Å². The summed E-state index contributed by atoms with van der Waals surface area (Å²) in [5, 5.41) is 3.25. The number of carbonyl (C=O) groups excluding carboxylic acids is 2. The van der Waals surface area contributed by atoms with Gasteiger partial charge in [0.1, 0.15) is 17.8 Å².